The molecule has 11 heteroatoms. The lowest BCUT2D eigenvalue weighted by Crippen LogP contribution is -2.35. The van der Waals surface area contributed by atoms with Crippen molar-refractivity contribution >= 4 is 29.2 Å². The first kappa shape index (κ1) is 23.9. The highest BCUT2D eigenvalue weighted by Crippen LogP contribution is 2.37. The molecular formula is C22H19F3N2O6. The highest BCUT2D eigenvalue weighted by atomic mass is 19.4. The molecule has 2 atom stereocenters. The molecule has 0 radical (unpaired) electrons. The maximum absolute atomic E-state index is 13.0. The number of hydrogen-bond acceptors (Lipinski definition) is 8. The van der Waals surface area contributed by atoms with Gasteiger partial charge in [-0.1, -0.05) is 31.2 Å². The number of anilines is 1. The molecule has 3 rings (SSSR count). The van der Waals surface area contributed by atoms with Gasteiger partial charge in [-0.2, -0.15) is 13.2 Å². The van der Waals surface area contributed by atoms with E-state index in [1.165, 1.54) is 37.3 Å². The number of ketones is 2. The van der Waals surface area contributed by atoms with Crippen LogP contribution in [0.2, 0.25) is 0 Å². The maximum atomic E-state index is 13.0. The number of nitrogens with two attached hydrogens (primary N) is 1. The molecule has 8 nitrogen and oxygen atoms in total. The average Bonchev–Trinajstić information content (AvgIpc) is 2.75. The van der Waals surface area contributed by atoms with E-state index in [4.69, 9.17) is 10.5 Å². The average molecular weight is 464 g/mol. The molecule has 2 aromatic carbocycles. The van der Waals surface area contributed by atoms with Crippen LogP contribution in [0.4, 0.5) is 18.9 Å². The zero-order valence-corrected chi connectivity index (χ0v) is 17.5. The van der Waals surface area contributed by atoms with Crippen molar-refractivity contribution in [2.75, 3.05) is 5.32 Å². The quantitative estimate of drug-likeness (QED) is 0.324. The number of benzene rings is 2. The topological polar surface area (TPSA) is 125 Å². The second-order valence-corrected chi connectivity index (χ2v) is 7.25. The van der Waals surface area contributed by atoms with E-state index >= 15 is 0 Å². The molecule has 0 spiro atoms. The summed E-state index contributed by atoms with van der Waals surface area (Å²) in [5.74, 6) is -5.47. The van der Waals surface area contributed by atoms with Crippen LogP contribution in [-0.4, -0.2) is 42.0 Å². The van der Waals surface area contributed by atoms with Crippen LogP contribution in [0.3, 0.4) is 0 Å². The SMILES string of the molecule is CCC(Nc1cc(OC(=O)C(F)(F)F)c2c(c1)C(=O)c1ccccc1C2=O)OC(=O)[C@H](C)N. The lowest BCUT2D eigenvalue weighted by molar-refractivity contribution is -0.189. The highest BCUT2D eigenvalue weighted by Gasteiger charge is 2.43. The number of hydrogen-bond donors (Lipinski definition) is 2. The largest absolute Gasteiger partial charge is 0.491 e. The molecular weight excluding hydrogens is 445 g/mol. The van der Waals surface area contributed by atoms with Crippen molar-refractivity contribution in [3.8, 4) is 5.75 Å². The number of rotatable bonds is 6. The van der Waals surface area contributed by atoms with Crippen LogP contribution in [0.5, 0.6) is 5.75 Å². The predicted octanol–water partition coefficient (Wildman–Crippen LogP) is 2.97. The zero-order valence-electron chi connectivity index (χ0n) is 17.5. The van der Waals surface area contributed by atoms with Crippen molar-refractivity contribution in [2.24, 2.45) is 5.73 Å². The summed E-state index contributed by atoms with van der Waals surface area (Å²) in [6.45, 7) is 3.06. The molecule has 0 aromatic heterocycles. The third kappa shape index (κ3) is 4.87. The maximum Gasteiger partial charge on any atom is 0.491 e. The van der Waals surface area contributed by atoms with Crippen molar-refractivity contribution in [1.29, 1.82) is 0 Å². The third-order valence-corrected chi connectivity index (χ3v) is 4.75. The molecule has 1 aliphatic rings. The van der Waals surface area contributed by atoms with Gasteiger partial charge in [0.15, 0.2) is 17.8 Å². The molecule has 0 saturated heterocycles. The van der Waals surface area contributed by atoms with Gasteiger partial charge in [0.2, 0.25) is 0 Å². The molecule has 1 aliphatic carbocycles. The molecule has 0 aliphatic heterocycles. The van der Waals surface area contributed by atoms with E-state index in [9.17, 15) is 32.3 Å². The van der Waals surface area contributed by atoms with Gasteiger partial charge < -0.3 is 20.5 Å². The minimum atomic E-state index is -5.34. The van der Waals surface area contributed by atoms with Crippen molar-refractivity contribution in [2.45, 2.75) is 38.7 Å². The minimum Gasteiger partial charge on any atom is -0.441 e. The second-order valence-electron chi connectivity index (χ2n) is 7.25. The van der Waals surface area contributed by atoms with Gasteiger partial charge >= 0.3 is 18.1 Å². The lowest BCUT2D eigenvalue weighted by atomic mass is 9.83. The van der Waals surface area contributed by atoms with Crippen LogP contribution >= 0.6 is 0 Å². The van der Waals surface area contributed by atoms with Gasteiger partial charge in [0, 0.05) is 34.9 Å². The summed E-state index contributed by atoms with van der Waals surface area (Å²) >= 11 is 0. The molecule has 33 heavy (non-hydrogen) atoms. The van der Waals surface area contributed by atoms with Crippen LogP contribution in [0.15, 0.2) is 36.4 Å². The molecule has 0 fully saturated rings. The fraction of sp³-hybridized carbons (Fsp3) is 0.273. The zero-order chi connectivity index (χ0) is 24.5. The van der Waals surface area contributed by atoms with Gasteiger partial charge in [0.05, 0.1) is 5.56 Å². The number of carbonyl (C=O) groups is 4. The molecule has 2 aromatic rings. The molecule has 3 N–H and O–H groups in total. The van der Waals surface area contributed by atoms with Crippen LogP contribution in [-0.2, 0) is 14.3 Å². The van der Waals surface area contributed by atoms with E-state index in [-0.39, 0.29) is 28.8 Å². The normalized spacial score (nSPS) is 14.6. The fourth-order valence-corrected chi connectivity index (χ4v) is 3.16. The summed E-state index contributed by atoms with van der Waals surface area (Å²) in [5, 5.41) is 2.74. The van der Waals surface area contributed by atoms with E-state index in [0.29, 0.717) is 0 Å². The molecule has 174 valence electrons. The number of ether oxygens (including phenoxy) is 2. The van der Waals surface area contributed by atoms with Gasteiger partial charge in [0.25, 0.3) is 0 Å². The van der Waals surface area contributed by atoms with E-state index in [1.807, 2.05) is 0 Å². The number of alkyl halides is 3. The molecule has 1 unspecified atom stereocenters. The predicted molar refractivity (Wildman–Crippen MR) is 109 cm³/mol. The van der Waals surface area contributed by atoms with Gasteiger partial charge in [-0.05, 0) is 13.0 Å². The third-order valence-electron chi connectivity index (χ3n) is 4.75. The summed E-state index contributed by atoms with van der Waals surface area (Å²) in [7, 11) is 0. The Morgan fingerprint density at radius 1 is 1.06 bits per heavy atom. The Balaban J connectivity index is 2.09. The Bertz CT molecular complexity index is 1140. The number of halogens is 3. The Morgan fingerprint density at radius 3 is 2.21 bits per heavy atom. The Labute approximate surface area is 185 Å². The molecule has 0 saturated carbocycles. The number of nitrogens with one attached hydrogen (secondary N) is 1. The summed E-state index contributed by atoms with van der Waals surface area (Å²) in [6.07, 6.45) is -6.08. The van der Waals surface area contributed by atoms with E-state index in [0.717, 1.165) is 6.07 Å². The van der Waals surface area contributed by atoms with Crippen LogP contribution in [0.25, 0.3) is 0 Å². The van der Waals surface area contributed by atoms with Crippen molar-refractivity contribution in [3.63, 3.8) is 0 Å². The first-order valence-electron chi connectivity index (χ1n) is 9.82. The van der Waals surface area contributed by atoms with Crippen molar-refractivity contribution in [3.05, 3.63) is 58.7 Å². The van der Waals surface area contributed by atoms with Crippen LogP contribution < -0.4 is 15.8 Å². The van der Waals surface area contributed by atoms with E-state index in [2.05, 4.69) is 10.1 Å². The molecule has 0 bridgehead atoms. The number of fused-ring (bicyclic) bond motifs is 2. The first-order valence-corrected chi connectivity index (χ1v) is 9.82. The summed E-state index contributed by atoms with van der Waals surface area (Å²) in [6, 6.07) is 7.03. The Hall–Kier alpha value is -3.73. The summed E-state index contributed by atoms with van der Waals surface area (Å²) < 4.78 is 48.2. The minimum absolute atomic E-state index is 0.0106. The van der Waals surface area contributed by atoms with Crippen molar-refractivity contribution in [1.82, 2.24) is 0 Å². The van der Waals surface area contributed by atoms with Crippen molar-refractivity contribution < 1.29 is 41.8 Å². The first-order chi connectivity index (χ1) is 15.4. The Morgan fingerprint density at radius 2 is 1.67 bits per heavy atom. The lowest BCUT2D eigenvalue weighted by Gasteiger charge is -2.24. The summed E-state index contributed by atoms with van der Waals surface area (Å²) in [5.41, 5.74) is 4.75. The monoisotopic (exact) mass is 464 g/mol. The van der Waals surface area contributed by atoms with E-state index in [1.54, 1.807) is 6.92 Å². The van der Waals surface area contributed by atoms with E-state index < -0.39 is 53.3 Å². The highest BCUT2D eigenvalue weighted by molar-refractivity contribution is 6.29. The van der Waals surface area contributed by atoms with Crippen LogP contribution in [0.1, 0.15) is 52.1 Å². The molecule has 0 amide bonds. The molecule has 0 heterocycles. The van der Waals surface area contributed by atoms with Gasteiger partial charge in [-0.25, -0.2) is 4.79 Å². The number of carbonyl (C=O) groups excluding carboxylic acids is 4. The Kier molecular flexibility index (Phi) is 6.54. The second kappa shape index (κ2) is 9.02. The van der Waals surface area contributed by atoms with Crippen LogP contribution in [0, 0.1) is 0 Å². The smallest absolute Gasteiger partial charge is 0.441 e. The van der Waals surface area contributed by atoms with Gasteiger partial charge in [-0.15, -0.1) is 0 Å². The fourth-order valence-electron chi connectivity index (χ4n) is 3.16. The van der Waals surface area contributed by atoms with Gasteiger partial charge in [-0.3, -0.25) is 14.4 Å². The standard InChI is InChI=1S/C22H19F3N2O6/c1-3-16(33-20(30)10(2)26)27-11-8-14-17(15(9-11)32-21(31)22(23,24)25)19(29)13-7-5-4-6-12(13)18(14)28/h4-10,16,27H,3,26H2,1-2H3/t10-,16?/m0/s1. The van der Waals surface area contributed by atoms with Gasteiger partial charge in [0.1, 0.15) is 11.8 Å². The summed E-state index contributed by atoms with van der Waals surface area (Å²) in [4.78, 5) is 49.3. The number of esters is 2.